The zero-order valence-electron chi connectivity index (χ0n) is 13.1. The van der Waals surface area contributed by atoms with Crippen LogP contribution in [0, 0.1) is 5.92 Å². The Labute approximate surface area is 126 Å². The molecule has 0 saturated carbocycles. The molecule has 1 aliphatic rings. The predicted molar refractivity (Wildman–Crippen MR) is 79.6 cm³/mol. The van der Waals surface area contributed by atoms with Crippen LogP contribution in [-0.4, -0.2) is 41.3 Å². The molecule has 0 radical (unpaired) electrons. The molecule has 0 bridgehead atoms. The molecule has 1 unspecified atom stereocenters. The van der Waals surface area contributed by atoms with E-state index in [0.29, 0.717) is 19.4 Å². The highest BCUT2D eigenvalue weighted by Crippen LogP contribution is 2.23. The molecule has 2 atom stereocenters. The van der Waals surface area contributed by atoms with E-state index in [1.807, 2.05) is 0 Å². The highest BCUT2D eigenvalue weighted by molar-refractivity contribution is 5.86. The van der Waals surface area contributed by atoms with Gasteiger partial charge >= 0.3 is 5.97 Å². The molecule has 5 nitrogen and oxygen atoms in total. The minimum absolute atomic E-state index is 0.0181. The van der Waals surface area contributed by atoms with Gasteiger partial charge in [0.1, 0.15) is 11.9 Å². The Bertz CT molecular complexity index is 411. The van der Waals surface area contributed by atoms with Crippen molar-refractivity contribution in [2.24, 2.45) is 5.92 Å². The van der Waals surface area contributed by atoms with E-state index in [4.69, 9.17) is 4.74 Å². The van der Waals surface area contributed by atoms with Crippen LogP contribution in [-0.2, 0) is 19.1 Å². The van der Waals surface area contributed by atoms with Crippen molar-refractivity contribution >= 4 is 18.2 Å². The molecule has 0 N–H and O–H groups in total. The van der Waals surface area contributed by atoms with E-state index in [1.54, 1.807) is 31.7 Å². The number of esters is 1. The van der Waals surface area contributed by atoms with Crippen molar-refractivity contribution in [3.05, 3.63) is 12.7 Å². The first-order valence-corrected chi connectivity index (χ1v) is 7.37. The Balaban J connectivity index is 2.72. The van der Waals surface area contributed by atoms with Crippen LogP contribution in [0.15, 0.2) is 12.7 Å². The fourth-order valence-corrected chi connectivity index (χ4v) is 2.50. The van der Waals surface area contributed by atoms with Gasteiger partial charge in [-0.1, -0.05) is 6.08 Å². The lowest BCUT2D eigenvalue weighted by Gasteiger charge is -2.26. The first-order chi connectivity index (χ1) is 9.78. The average Bonchev–Trinajstić information content (AvgIpc) is 2.83. The number of nitrogens with zero attached hydrogens (tertiary/aromatic N) is 1. The topological polar surface area (TPSA) is 63.7 Å². The molecule has 0 aromatic rings. The lowest BCUT2D eigenvalue weighted by molar-refractivity contribution is -0.158. The fourth-order valence-electron chi connectivity index (χ4n) is 2.50. The minimum Gasteiger partial charge on any atom is -0.460 e. The highest BCUT2D eigenvalue weighted by atomic mass is 16.6. The van der Waals surface area contributed by atoms with Crippen LogP contribution in [0.4, 0.5) is 0 Å². The number of ether oxygens (including phenoxy) is 1. The van der Waals surface area contributed by atoms with Gasteiger partial charge in [0.05, 0.1) is 18.4 Å². The molecular weight excluding hydrogens is 270 g/mol. The summed E-state index contributed by atoms with van der Waals surface area (Å²) < 4.78 is 5.27. The van der Waals surface area contributed by atoms with Gasteiger partial charge in [0, 0.05) is 6.54 Å². The van der Waals surface area contributed by atoms with Gasteiger partial charge in [-0.25, -0.2) is 0 Å². The monoisotopic (exact) mass is 295 g/mol. The maximum Gasteiger partial charge on any atom is 0.307 e. The van der Waals surface area contributed by atoms with Crippen LogP contribution in [0.1, 0.15) is 46.5 Å². The molecule has 0 spiro atoms. The number of hydrogen-bond acceptors (Lipinski definition) is 4. The molecule has 1 heterocycles. The van der Waals surface area contributed by atoms with E-state index >= 15 is 0 Å². The summed E-state index contributed by atoms with van der Waals surface area (Å²) in [6.45, 7) is 9.58. The van der Waals surface area contributed by atoms with E-state index in [1.165, 1.54) is 0 Å². The van der Waals surface area contributed by atoms with E-state index < -0.39 is 17.5 Å². The normalized spacial score (nSPS) is 20.0. The van der Waals surface area contributed by atoms with Gasteiger partial charge in [0.25, 0.3) is 0 Å². The summed E-state index contributed by atoms with van der Waals surface area (Å²) in [5, 5.41) is 0. The van der Waals surface area contributed by atoms with Crippen LogP contribution in [0.2, 0.25) is 0 Å². The largest absolute Gasteiger partial charge is 0.460 e. The van der Waals surface area contributed by atoms with Gasteiger partial charge in [0.15, 0.2) is 0 Å². The van der Waals surface area contributed by atoms with Crippen molar-refractivity contribution in [3.8, 4) is 0 Å². The second-order valence-electron chi connectivity index (χ2n) is 6.39. The smallest absolute Gasteiger partial charge is 0.307 e. The third kappa shape index (κ3) is 5.33. The summed E-state index contributed by atoms with van der Waals surface area (Å²) in [5.41, 5.74) is -0.572. The van der Waals surface area contributed by atoms with Gasteiger partial charge in [-0.05, 0) is 40.0 Å². The number of amides is 1. The summed E-state index contributed by atoms with van der Waals surface area (Å²) in [6.07, 6.45) is 4.37. The summed E-state index contributed by atoms with van der Waals surface area (Å²) in [5.74, 6) is -1.06. The Hall–Kier alpha value is -1.65. The molecular formula is C16H25NO4. The van der Waals surface area contributed by atoms with Crippen molar-refractivity contribution in [3.63, 3.8) is 0 Å². The van der Waals surface area contributed by atoms with Gasteiger partial charge in [-0.2, -0.15) is 0 Å². The van der Waals surface area contributed by atoms with Crippen LogP contribution in [0.5, 0.6) is 0 Å². The number of likely N-dealkylation sites (tertiary alicyclic amines) is 1. The Morgan fingerprint density at radius 3 is 2.62 bits per heavy atom. The number of hydrogen-bond donors (Lipinski definition) is 0. The molecule has 118 valence electrons. The molecule has 1 fully saturated rings. The first kappa shape index (κ1) is 17.4. The molecule has 1 amide bonds. The maximum absolute atomic E-state index is 12.5. The van der Waals surface area contributed by atoms with Crippen LogP contribution < -0.4 is 0 Å². The second-order valence-corrected chi connectivity index (χ2v) is 6.39. The molecule has 1 saturated heterocycles. The molecule has 0 aromatic heterocycles. The summed E-state index contributed by atoms with van der Waals surface area (Å²) in [6, 6.07) is -0.358. The fraction of sp³-hybridized carbons (Fsp3) is 0.688. The van der Waals surface area contributed by atoms with E-state index in [9.17, 15) is 14.4 Å². The van der Waals surface area contributed by atoms with Crippen molar-refractivity contribution < 1.29 is 19.1 Å². The third-order valence-corrected chi connectivity index (χ3v) is 3.37. The Morgan fingerprint density at radius 1 is 1.43 bits per heavy atom. The zero-order chi connectivity index (χ0) is 16.0. The van der Waals surface area contributed by atoms with Crippen molar-refractivity contribution in [2.45, 2.75) is 58.1 Å². The van der Waals surface area contributed by atoms with Crippen LogP contribution in [0.3, 0.4) is 0 Å². The number of aldehydes is 1. The molecule has 21 heavy (non-hydrogen) atoms. The number of carbonyl (C=O) groups excluding carboxylic acids is 3. The van der Waals surface area contributed by atoms with Gasteiger partial charge in [-0.3, -0.25) is 9.59 Å². The Morgan fingerprint density at radius 2 is 2.10 bits per heavy atom. The third-order valence-electron chi connectivity index (χ3n) is 3.37. The molecule has 0 aliphatic carbocycles. The van der Waals surface area contributed by atoms with Crippen molar-refractivity contribution in [1.29, 1.82) is 0 Å². The van der Waals surface area contributed by atoms with Gasteiger partial charge in [0.2, 0.25) is 5.91 Å². The van der Waals surface area contributed by atoms with E-state index in [0.717, 1.165) is 12.7 Å². The quantitative estimate of drug-likeness (QED) is 0.428. The lowest BCUT2D eigenvalue weighted by atomic mass is 9.99. The first-order valence-electron chi connectivity index (χ1n) is 7.37. The number of rotatable bonds is 6. The standard InChI is InChI=1S/C16H25NO4/c1-5-7-12(10-14(19)21-16(2,3)4)15(20)17-9-6-8-13(17)11-18/h5,11-13H,1,6-10H2,2-4H3/t12?,13-/m0/s1. The maximum atomic E-state index is 12.5. The number of allylic oxidation sites excluding steroid dienone is 1. The van der Waals surface area contributed by atoms with Crippen LogP contribution >= 0.6 is 0 Å². The predicted octanol–water partition coefficient (Wildman–Crippen LogP) is 2.10. The second kappa shape index (κ2) is 7.38. The van der Waals surface area contributed by atoms with Crippen molar-refractivity contribution in [1.82, 2.24) is 4.90 Å². The average molecular weight is 295 g/mol. The van der Waals surface area contributed by atoms with Gasteiger partial charge in [-0.15, -0.1) is 6.58 Å². The van der Waals surface area contributed by atoms with E-state index in [2.05, 4.69) is 6.58 Å². The molecule has 0 aromatic carbocycles. The zero-order valence-corrected chi connectivity index (χ0v) is 13.1. The van der Waals surface area contributed by atoms with Gasteiger partial charge < -0.3 is 14.4 Å². The summed E-state index contributed by atoms with van der Waals surface area (Å²) >= 11 is 0. The molecule has 1 aliphatic heterocycles. The lowest BCUT2D eigenvalue weighted by Crippen LogP contribution is -2.41. The Kier molecular flexibility index (Phi) is 6.12. The summed E-state index contributed by atoms with van der Waals surface area (Å²) in [7, 11) is 0. The van der Waals surface area contributed by atoms with Crippen LogP contribution in [0.25, 0.3) is 0 Å². The molecule has 5 heteroatoms. The molecule has 1 rings (SSSR count). The summed E-state index contributed by atoms with van der Waals surface area (Å²) in [4.78, 5) is 37.0. The number of carbonyl (C=O) groups is 3. The SMILES string of the molecule is C=CCC(CC(=O)OC(C)(C)C)C(=O)N1CCC[C@H]1C=O. The van der Waals surface area contributed by atoms with Crippen molar-refractivity contribution in [2.75, 3.05) is 6.54 Å². The van der Waals surface area contributed by atoms with E-state index in [-0.39, 0.29) is 18.4 Å². The minimum atomic E-state index is -0.572. The highest BCUT2D eigenvalue weighted by Gasteiger charge is 2.34.